The Labute approximate surface area is 199 Å². The first-order valence-corrected chi connectivity index (χ1v) is 11.3. The summed E-state index contributed by atoms with van der Waals surface area (Å²) in [6, 6.07) is 21.5. The summed E-state index contributed by atoms with van der Waals surface area (Å²) >= 11 is 3.37. The normalized spacial score (nSPS) is 22.1. The smallest absolute Gasteiger partial charge is 0.262 e. The molecule has 2 aliphatic rings. The fraction of sp³-hybridized carbons (Fsp3) is 0.200. The molecule has 168 valence electrons. The zero-order valence-electron chi connectivity index (χ0n) is 17.7. The number of phenolic OH excluding ortho intramolecular Hbond substituents is 1. The third kappa shape index (κ3) is 3.65. The lowest BCUT2D eigenvalue weighted by atomic mass is 9.90. The van der Waals surface area contributed by atoms with Gasteiger partial charge < -0.3 is 9.84 Å². The maximum Gasteiger partial charge on any atom is 0.262 e. The summed E-state index contributed by atoms with van der Waals surface area (Å²) < 4.78 is 5.75. The highest BCUT2D eigenvalue weighted by molar-refractivity contribution is 9.10. The van der Waals surface area contributed by atoms with E-state index in [9.17, 15) is 14.7 Å². The van der Waals surface area contributed by atoms with E-state index in [2.05, 4.69) is 15.9 Å². The fourth-order valence-electron chi connectivity index (χ4n) is 4.45. The first kappa shape index (κ1) is 21.5. The van der Waals surface area contributed by atoms with E-state index in [-0.39, 0.29) is 29.9 Å². The van der Waals surface area contributed by atoms with E-state index in [1.54, 1.807) is 17.2 Å². The van der Waals surface area contributed by atoms with Gasteiger partial charge in [-0.25, -0.2) is 5.06 Å². The zero-order chi connectivity index (χ0) is 23.1. The number of halogens is 1. The van der Waals surface area contributed by atoms with Gasteiger partial charge in [-0.15, -0.1) is 0 Å². The second kappa shape index (κ2) is 8.53. The van der Waals surface area contributed by atoms with E-state index >= 15 is 0 Å². The van der Waals surface area contributed by atoms with Crippen LogP contribution in [-0.2, 0) is 21.0 Å². The minimum atomic E-state index is -0.940. The van der Waals surface area contributed by atoms with E-state index < -0.39 is 18.1 Å². The Morgan fingerprint density at radius 3 is 2.33 bits per heavy atom. The molecular weight excluding hydrogens is 488 g/mol. The highest BCUT2D eigenvalue weighted by Crippen LogP contribution is 2.49. The number of phenols is 1. The van der Waals surface area contributed by atoms with Crippen LogP contribution in [0.4, 0.5) is 5.69 Å². The predicted octanol–water partition coefficient (Wildman–Crippen LogP) is 4.21. The number of methoxy groups -OCH3 is 1. The summed E-state index contributed by atoms with van der Waals surface area (Å²) in [6.45, 7) is 0.190. The van der Waals surface area contributed by atoms with Gasteiger partial charge in [-0.3, -0.25) is 19.3 Å². The molecule has 5 rings (SSSR count). The number of hydroxylamine groups is 1. The maximum atomic E-state index is 13.6. The van der Waals surface area contributed by atoms with Crippen LogP contribution in [-0.4, -0.2) is 35.0 Å². The minimum absolute atomic E-state index is 0.0393. The number of carbonyl (C=O) groups excluding carboxylic acids is 2. The van der Waals surface area contributed by atoms with Crippen LogP contribution in [0.1, 0.15) is 17.2 Å². The summed E-state index contributed by atoms with van der Waals surface area (Å²) in [5, 5.41) is 11.9. The molecule has 0 bridgehead atoms. The van der Waals surface area contributed by atoms with Crippen molar-refractivity contribution in [3.05, 3.63) is 88.4 Å². The van der Waals surface area contributed by atoms with E-state index in [0.717, 1.165) is 11.3 Å². The summed E-state index contributed by atoms with van der Waals surface area (Å²) in [5.74, 6) is -1.18. The van der Waals surface area contributed by atoms with Crippen molar-refractivity contribution in [2.45, 2.75) is 18.7 Å². The first-order valence-electron chi connectivity index (χ1n) is 10.5. The molecule has 7 nitrogen and oxygen atoms in total. The van der Waals surface area contributed by atoms with Gasteiger partial charge in [-0.1, -0.05) is 48.5 Å². The Bertz CT molecular complexity index is 1200. The zero-order valence-corrected chi connectivity index (χ0v) is 19.3. The standard InChI is InChI=1S/C25H21BrN2O5/c1-32-19-13-16(12-18(26)22(19)29)21-20-23(33-28(21)17-10-6-3-7-11-17)25(31)27(24(20)30)14-15-8-4-2-5-9-15/h2-13,20-21,23,29H,14H2,1H3/t20-,21-,23+/m0/s1. The van der Waals surface area contributed by atoms with Crippen molar-refractivity contribution in [1.29, 1.82) is 0 Å². The van der Waals surface area contributed by atoms with Crippen molar-refractivity contribution in [3.8, 4) is 11.5 Å². The number of rotatable bonds is 5. The predicted molar refractivity (Wildman–Crippen MR) is 124 cm³/mol. The molecule has 2 aliphatic heterocycles. The van der Waals surface area contributed by atoms with Gasteiger partial charge >= 0.3 is 0 Å². The van der Waals surface area contributed by atoms with Gasteiger partial charge in [0, 0.05) is 0 Å². The second-order valence-electron chi connectivity index (χ2n) is 7.96. The number of benzene rings is 3. The van der Waals surface area contributed by atoms with Crippen LogP contribution < -0.4 is 9.80 Å². The Morgan fingerprint density at radius 2 is 1.67 bits per heavy atom. The summed E-state index contributed by atoms with van der Waals surface area (Å²) in [6.07, 6.45) is -0.940. The lowest BCUT2D eigenvalue weighted by Gasteiger charge is -2.29. The minimum Gasteiger partial charge on any atom is -0.503 e. The third-order valence-electron chi connectivity index (χ3n) is 6.01. The number of carbonyl (C=O) groups is 2. The lowest BCUT2D eigenvalue weighted by Crippen LogP contribution is -2.36. The molecule has 3 aromatic rings. The van der Waals surface area contributed by atoms with Crippen LogP contribution in [0, 0.1) is 5.92 Å². The van der Waals surface area contributed by atoms with Gasteiger partial charge in [-0.05, 0) is 51.3 Å². The molecular formula is C25H21BrN2O5. The Morgan fingerprint density at radius 1 is 1.00 bits per heavy atom. The monoisotopic (exact) mass is 508 g/mol. The quantitative estimate of drug-likeness (QED) is 0.520. The van der Waals surface area contributed by atoms with E-state index in [1.807, 2.05) is 60.7 Å². The largest absolute Gasteiger partial charge is 0.503 e. The average Bonchev–Trinajstić information content (AvgIpc) is 3.34. The number of fused-ring (bicyclic) bond motifs is 1. The lowest BCUT2D eigenvalue weighted by molar-refractivity contribution is -0.143. The first-order chi connectivity index (χ1) is 16.0. The number of amides is 2. The van der Waals surface area contributed by atoms with Gasteiger partial charge in [0.15, 0.2) is 17.6 Å². The SMILES string of the molecule is COc1cc([C@H]2[C@@H]3C(=O)N(Cc4ccccc4)C(=O)[C@@H]3ON2c2ccccc2)cc(Br)c1O. The Hall–Kier alpha value is -3.36. The topological polar surface area (TPSA) is 79.3 Å². The molecule has 2 saturated heterocycles. The van der Waals surface area contributed by atoms with Crippen molar-refractivity contribution in [2.24, 2.45) is 5.92 Å². The molecule has 0 unspecified atom stereocenters. The van der Waals surface area contributed by atoms with Gasteiger partial charge in [0.1, 0.15) is 5.92 Å². The molecule has 1 N–H and O–H groups in total. The number of aromatic hydroxyl groups is 1. The molecule has 0 radical (unpaired) electrons. The number of hydrogen-bond acceptors (Lipinski definition) is 6. The molecule has 8 heteroatoms. The average molecular weight is 509 g/mol. The molecule has 33 heavy (non-hydrogen) atoms. The van der Waals surface area contributed by atoms with Crippen molar-refractivity contribution in [2.75, 3.05) is 12.2 Å². The second-order valence-corrected chi connectivity index (χ2v) is 8.81. The van der Waals surface area contributed by atoms with Crippen molar-refractivity contribution < 1.29 is 24.3 Å². The van der Waals surface area contributed by atoms with Crippen LogP contribution >= 0.6 is 15.9 Å². The molecule has 2 amide bonds. The van der Waals surface area contributed by atoms with Crippen LogP contribution in [0.15, 0.2) is 77.3 Å². The number of likely N-dealkylation sites (tertiary alicyclic amines) is 1. The number of ether oxygens (including phenoxy) is 1. The third-order valence-corrected chi connectivity index (χ3v) is 6.62. The highest BCUT2D eigenvalue weighted by Gasteiger charge is 2.59. The van der Waals surface area contributed by atoms with Gasteiger partial charge in [0.05, 0.1) is 29.9 Å². The van der Waals surface area contributed by atoms with Gasteiger partial charge in [0.2, 0.25) is 5.91 Å². The Kier molecular flexibility index (Phi) is 5.55. The summed E-state index contributed by atoms with van der Waals surface area (Å²) in [7, 11) is 1.46. The number of para-hydroxylation sites is 1. The summed E-state index contributed by atoms with van der Waals surface area (Å²) in [5.41, 5.74) is 2.26. The van der Waals surface area contributed by atoms with Crippen molar-refractivity contribution in [3.63, 3.8) is 0 Å². The number of anilines is 1. The number of hydrogen-bond donors (Lipinski definition) is 1. The maximum absolute atomic E-state index is 13.6. The van der Waals surface area contributed by atoms with Crippen LogP contribution in [0.2, 0.25) is 0 Å². The molecule has 2 heterocycles. The van der Waals surface area contributed by atoms with Crippen LogP contribution in [0.3, 0.4) is 0 Å². The number of imide groups is 1. The van der Waals surface area contributed by atoms with Gasteiger partial charge in [-0.2, -0.15) is 0 Å². The van der Waals surface area contributed by atoms with Gasteiger partial charge in [0.25, 0.3) is 5.91 Å². The molecule has 3 aromatic carbocycles. The van der Waals surface area contributed by atoms with Crippen molar-refractivity contribution in [1.82, 2.24) is 4.90 Å². The molecule has 3 atom stereocenters. The molecule has 0 saturated carbocycles. The Balaban J connectivity index is 1.57. The van der Waals surface area contributed by atoms with E-state index in [0.29, 0.717) is 10.0 Å². The molecule has 0 aromatic heterocycles. The molecule has 2 fully saturated rings. The fourth-order valence-corrected chi connectivity index (χ4v) is 4.91. The number of nitrogens with zero attached hydrogens (tertiary/aromatic N) is 2. The van der Waals surface area contributed by atoms with E-state index in [1.165, 1.54) is 12.0 Å². The summed E-state index contributed by atoms with van der Waals surface area (Å²) in [4.78, 5) is 34.3. The molecule has 0 aliphatic carbocycles. The van der Waals surface area contributed by atoms with Crippen molar-refractivity contribution >= 4 is 33.4 Å². The highest BCUT2D eigenvalue weighted by atomic mass is 79.9. The van der Waals surface area contributed by atoms with Crippen LogP contribution in [0.25, 0.3) is 0 Å². The van der Waals surface area contributed by atoms with E-state index in [4.69, 9.17) is 9.57 Å². The molecule has 0 spiro atoms. The van der Waals surface area contributed by atoms with Crippen LogP contribution in [0.5, 0.6) is 11.5 Å².